The molecule has 0 amide bonds. The Bertz CT molecular complexity index is 274. The zero-order chi connectivity index (χ0) is 9.10. The van der Waals surface area contributed by atoms with Crippen LogP contribution in [0.1, 0.15) is 12.8 Å². The maximum absolute atomic E-state index is 5.34. The van der Waals surface area contributed by atoms with Crippen LogP contribution >= 0.6 is 27.3 Å². The van der Waals surface area contributed by atoms with Crippen molar-refractivity contribution in [3.8, 4) is 0 Å². The monoisotopic (exact) mass is 263 g/mol. The van der Waals surface area contributed by atoms with Crippen LogP contribution in [0.5, 0.6) is 0 Å². The Morgan fingerprint density at radius 1 is 1.54 bits per heavy atom. The fraction of sp³-hybridized carbons (Fsp3) is 0.714. The second-order valence-electron chi connectivity index (χ2n) is 2.92. The van der Waals surface area contributed by atoms with Crippen LogP contribution in [0.25, 0.3) is 0 Å². The first-order chi connectivity index (χ1) is 6.34. The summed E-state index contributed by atoms with van der Waals surface area (Å²) < 4.78 is 6.16. The maximum atomic E-state index is 5.34. The Kier molecular flexibility index (Phi) is 3.13. The van der Waals surface area contributed by atoms with Crippen molar-refractivity contribution in [2.24, 2.45) is 0 Å². The normalized spacial score (nSPS) is 23.0. The Morgan fingerprint density at radius 3 is 3.08 bits per heavy atom. The molecule has 1 fully saturated rings. The van der Waals surface area contributed by atoms with Crippen LogP contribution in [-0.2, 0) is 4.74 Å². The van der Waals surface area contributed by atoms with Gasteiger partial charge in [0.15, 0.2) is 3.92 Å². The SMILES string of the molecule is Brc1nnc(NC2CCCOC2)s1. The summed E-state index contributed by atoms with van der Waals surface area (Å²) in [6.45, 7) is 1.66. The van der Waals surface area contributed by atoms with Crippen LogP contribution in [0.2, 0.25) is 0 Å². The molecule has 0 bridgehead atoms. The first-order valence-electron chi connectivity index (χ1n) is 4.18. The molecular weight excluding hydrogens is 254 g/mol. The zero-order valence-electron chi connectivity index (χ0n) is 6.99. The van der Waals surface area contributed by atoms with Crippen LogP contribution in [0.15, 0.2) is 3.92 Å². The van der Waals surface area contributed by atoms with Gasteiger partial charge in [0.05, 0.1) is 12.6 Å². The van der Waals surface area contributed by atoms with Crippen molar-refractivity contribution in [3.05, 3.63) is 3.92 Å². The minimum Gasteiger partial charge on any atom is -0.379 e. The van der Waals surface area contributed by atoms with Crippen LogP contribution in [-0.4, -0.2) is 29.5 Å². The zero-order valence-corrected chi connectivity index (χ0v) is 9.40. The minimum atomic E-state index is 0.397. The molecule has 1 saturated heterocycles. The average molecular weight is 264 g/mol. The predicted molar refractivity (Wildman–Crippen MR) is 55.1 cm³/mol. The lowest BCUT2D eigenvalue weighted by Gasteiger charge is -2.22. The topological polar surface area (TPSA) is 47.0 Å². The fourth-order valence-electron chi connectivity index (χ4n) is 1.29. The highest BCUT2D eigenvalue weighted by Gasteiger charge is 2.14. The Labute approximate surface area is 88.8 Å². The number of nitrogens with zero attached hydrogens (tertiary/aromatic N) is 2. The number of nitrogens with one attached hydrogen (secondary N) is 1. The molecule has 1 aromatic rings. The molecule has 13 heavy (non-hydrogen) atoms. The van der Waals surface area contributed by atoms with E-state index < -0.39 is 0 Å². The van der Waals surface area contributed by atoms with Gasteiger partial charge in [-0.25, -0.2) is 0 Å². The molecule has 6 heteroatoms. The third kappa shape index (κ3) is 2.62. The summed E-state index contributed by atoms with van der Waals surface area (Å²) in [5, 5.41) is 12.0. The first-order valence-corrected chi connectivity index (χ1v) is 5.79. The summed E-state index contributed by atoms with van der Waals surface area (Å²) in [5.74, 6) is 0. The van der Waals surface area contributed by atoms with Gasteiger partial charge in [-0.15, -0.1) is 10.2 Å². The number of ether oxygens (including phenoxy) is 1. The van der Waals surface area contributed by atoms with Crippen molar-refractivity contribution < 1.29 is 4.74 Å². The molecule has 4 nitrogen and oxygen atoms in total. The van der Waals surface area contributed by atoms with E-state index in [1.165, 1.54) is 11.3 Å². The molecule has 1 aromatic heterocycles. The molecule has 1 aliphatic heterocycles. The van der Waals surface area contributed by atoms with E-state index in [-0.39, 0.29) is 0 Å². The third-order valence-corrected chi connectivity index (χ3v) is 3.18. The molecule has 72 valence electrons. The van der Waals surface area contributed by atoms with Crippen molar-refractivity contribution >= 4 is 32.4 Å². The molecule has 1 aliphatic rings. The second kappa shape index (κ2) is 4.34. The lowest BCUT2D eigenvalue weighted by atomic mass is 10.1. The van der Waals surface area contributed by atoms with E-state index in [1.807, 2.05) is 0 Å². The highest BCUT2D eigenvalue weighted by molar-refractivity contribution is 9.11. The number of hydrogen-bond acceptors (Lipinski definition) is 5. The second-order valence-corrected chi connectivity index (χ2v) is 5.17. The van der Waals surface area contributed by atoms with Gasteiger partial charge in [-0.3, -0.25) is 0 Å². The van der Waals surface area contributed by atoms with Crippen LogP contribution < -0.4 is 5.32 Å². The highest BCUT2D eigenvalue weighted by atomic mass is 79.9. The third-order valence-electron chi connectivity index (χ3n) is 1.89. The van der Waals surface area contributed by atoms with Crippen LogP contribution in [0, 0.1) is 0 Å². The van der Waals surface area contributed by atoms with Gasteiger partial charge in [-0.2, -0.15) is 0 Å². The molecule has 1 atom stereocenters. The molecule has 0 aliphatic carbocycles. The van der Waals surface area contributed by atoms with E-state index >= 15 is 0 Å². The summed E-state index contributed by atoms with van der Waals surface area (Å²) in [5.41, 5.74) is 0. The maximum Gasteiger partial charge on any atom is 0.206 e. The van der Waals surface area contributed by atoms with E-state index in [1.54, 1.807) is 0 Å². The Balaban J connectivity index is 1.89. The van der Waals surface area contributed by atoms with E-state index in [2.05, 4.69) is 31.4 Å². The number of anilines is 1. The number of rotatable bonds is 2. The van der Waals surface area contributed by atoms with E-state index in [9.17, 15) is 0 Å². The van der Waals surface area contributed by atoms with E-state index in [0.29, 0.717) is 6.04 Å². The van der Waals surface area contributed by atoms with Gasteiger partial charge in [0.25, 0.3) is 0 Å². The van der Waals surface area contributed by atoms with Crippen molar-refractivity contribution in [2.45, 2.75) is 18.9 Å². The number of hydrogen-bond donors (Lipinski definition) is 1. The van der Waals surface area contributed by atoms with Gasteiger partial charge < -0.3 is 10.1 Å². The lowest BCUT2D eigenvalue weighted by Crippen LogP contribution is -2.29. The lowest BCUT2D eigenvalue weighted by molar-refractivity contribution is 0.0876. The van der Waals surface area contributed by atoms with Crippen molar-refractivity contribution in [2.75, 3.05) is 18.5 Å². The standard InChI is InChI=1S/C7H10BrN3OS/c8-6-10-11-7(13-6)9-5-2-1-3-12-4-5/h5H,1-4H2,(H,9,11). The summed E-state index contributed by atoms with van der Waals surface area (Å²) in [6.07, 6.45) is 2.27. The fourth-order valence-corrected chi connectivity index (χ4v) is 2.38. The first kappa shape index (κ1) is 9.36. The van der Waals surface area contributed by atoms with Gasteiger partial charge in [0.2, 0.25) is 5.13 Å². The largest absolute Gasteiger partial charge is 0.379 e. The van der Waals surface area contributed by atoms with E-state index in [4.69, 9.17) is 4.74 Å². The van der Waals surface area contributed by atoms with Crippen LogP contribution in [0.4, 0.5) is 5.13 Å². The summed E-state index contributed by atoms with van der Waals surface area (Å²) in [4.78, 5) is 0. The highest BCUT2D eigenvalue weighted by Crippen LogP contribution is 2.22. The van der Waals surface area contributed by atoms with Gasteiger partial charge in [-0.05, 0) is 28.8 Å². The molecule has 0 saturated carbocycles. The Hall–Kier alpha value is -0.200. The Morgan fingerprint density at radius 2 is 2.46 bits per heavy atom. The molecule has 1 unspecified atom stereocenters. The predicted octanol–water partition coefficient (Wildman–Crippen LogP) is 1.89. The molecule has 2 rings (SSSR count). The number of aromatic nitrogens is 2. The smallest absolute Gasteiger partial charge is 0.206 e. The molecular formula is C7H10BrN3OS. The van der Waals surface area contributed by atoms with Crippen molar-refractivity contribution in [1.82, 2.24) is 10.2 Å². The summed E-state index contributed by atoms with van der Waals surface area (Å²) >= 11 is 4.78. The molecule has 2 heterocycles. The van der Waals surface area contributed by atoms with Gasteiger partial charge in [0, 0.05) is 6.61 Å². The summed E-state index contributed by atoms with van der Waals surface area (Å²) in [7, 11) is 0. The van der Waals surface area contributed by atoms with Crippen molar-refractivity contribution in [3.63, 3.8) is 0 Å². The van der Waals surface area contributed by atoms with Gasteiger partial charge in [-0.1, -0.05) is 11.3 Å². The summed E-state index contributed by atoms with van der Waals surface area (Å²) in [6, 6.07) is 0.397. The number of halogens is 1. The minimum absolute atomic E-state index is 0.397. The van der Waals surface area contributed by atoms with Gasteiger partial charge >= 0.3 is 0 Å². The molecule has 0 aromatic carbocycles. The van der Waals surface area contributed by atoms with Crippen LogP contribution in [0.3, 0.4) is 0 Å². The molecule has 1 N–H and O–H groups in total. The molecule has 0 spiro atoms. The average Bonchev–Trinajstić information content (AvgIpc) is 2.53. The molecule has 0 radical (unpaired) electrons. The van der Waals surface area contributed by atoms with Gasteiger partial charge in [0.1, 0.15) is 0 Å². The van der Waals surface area contributed by atoms with Crippen molar-refractivity contribution in [1.29, 1.82) is 0 Å². The van der Waals surface area contributed by atoms with E-state index in [0.717, 1.165) is 35.1 Å². The quantitative estimate of drug-likeness (QED) is 0.886.